The van der Waals surface area contributed by atoms with Gasteiger partial charge in [-0.1, -0.05) is 43.3 Å². The van der Waals surface area contributed by atoms with Crippen molar-refractivity contribution in [3.05, 3.63) is 60.2 Å². The third-order valence-corrected chi connectivity index (χ3v) is 6.81. The fourth-order valence-electron chi connectivity index (χ4n) is 5.02. The zero-order chi connectivity index (χ0) is 23.4. The Balaban J connectivity index is 1.49. The zero-order valence-electron chi connectivity index (χ0n) is 19.3. The van der Waals surface area contributed by atoms with Gasteiger partial charge in [0.2, 0.25) is 11.8 Å². The lowest BCUT2D eigenvalue weighted by molar-refractivity contribution is -0.150. The Morgan fingerprint density at radius 1 is 1.00 bits per heavy atom. The van der Waals surface area contributed by atoms with E-state index < -0.39 is 5.54 Å². The van der Waals surface area contributed by atoms with Gasteiger partial charge in [-0.05, 0) is 36.6 Å². The summed E-state index contributed by atoms with van der Waals surface area (Å²) in [6.07, 6.45) is 1.70. The molecule has 0 unspecified atom stereocenters. The molecule has 33 heavy (non-hydrogen) atoms. The molecule has 2 heterocycles. The van der Waals surface area contributed by atoms with Gasteiger partial charge in [-0.3, -0.25) is 14.5 Å². The van der Waals surface area contributed by atoms with Crippen molar-refractivity contribution in [3.8, 4) is 0 Å². The monoisotopic (exact) mass is 449 g/mol. The van der Waals surface area contributed by atoms with Crippen LogP contribution in [-0.2, 0) is 25.5 Å². The Morgan fingerprint density at radius 2 is 1.67 bits per heavy atom. The van der Waals surface area contributed by atoms with E-state index in [1.807, 2.05) is 66.4 Å². The molecule has 4 rings (SSSR count). The predicted octanol–water partition coefficient (Wildman–Crippen LogP) is 3.03. The van der Waals surface area contributed by atoms with Gasteiger partial charge in [0.25, 0.3) is 0 Å². The van der Waals surface area contributed by atoms with Crippen molar-refractivity contribution < 1.29 is 19.1 Å². The fourth-order valence-corrected chi connectivity index (χ4v) is 5.02. The van der Waals surface area contributed by atoms with Gasteiger partial charge in [0.1, 0.15) is 5.54 Å². The maximum Gasteiger partial charge on any atom is 0.332 e. The highest BCUT2D eigenvalue weighted by Gasteiger charge is 2.49. The molecule has 174 valence electrons. The van der Waals surface area contributed by atoms with E-state index in [9.17, 15) is 14.4 Å². The molecule has 0 saturated carbocycles. The van der Waals surface area contributed by atoms with Crippen LogP contribution >= 0.6 is 0 Å². The number of hydrogen-bond donors (Lipinski definition) is 0. The van der Waals surface area contributed by atoms with E-state index in [2.05, 4.69) is 4.90 Å². The number of piperidine rings is 1. The minimum Gasteiger partial charge on any atom is -0.467 e. The number of carbonyl (C=O) groups excluding carboxylic acids is 3. The SMILES string of the molecule is CCC(=O)N(c1ccccc1)C1(C(=O)OC)CCN(CCN2C(=O)Cc3ccccc32)CC1. The van der Waals surface area contributed by atoms with Crippen LogP contribution in [0.4, 0.5) is 11.4 Å². The number of anilines is 2. The highest BCUT2D eigenvalue weighted by atomic mass is 16.5. The summed E-state index contributed by atoms with van der Waals surface area (Å²) in [7, 11) is 1.38. The highest BCUT2D eigenvalue weighted by molar-refractivity contribution is 6.02. The number of benzene rings is 2. The number of para-hydroxylation sites is 2. The summed E-state index contributed by atoms with van der Waals surface area (Å²) in [5.74, 6) is -0.350. The number of nitrogens with zero attached hydrogens (tertiary/aromatic N) is 3. The van der Waals surface area contributed by atoms with Gasteiger partial charge in [0.05, 0.1) is 13.5 Å². The van der Waals surface area contributed by atoms with E-state index in [1.54, 1.807) is 4.90 Å². The smallest absolute Gasteiger partial charge is 0.332 e. The molecule has 2 aromatic rings. The summed E-state index contributed by atoms with van der Waals surface area (Å²) in [6.45, 7) is 4.41. The number of methoxy groups -OCH3 is 1. The maximum atomic E-state index is 13.1. The summed E-state index contributed by atoms with van der Waals surface area (Å²) >= 11 is 0. The van der Waals surface area contributed by atoms with Crippen LogP contribution in [0.2, 0.25) is 0 Å². The summed E-state index contributed by atoms with van der Waals surface area (Å²) in [6, 6.07) is 17.3. The third-order valence-electron chi connectivity index (χ3n) is 6.81. The van der Waals surface area contributed by atoms with Gasteiger partial charge in [-0.15, -0.1) is 0 Å². The number of likely N-dealkylation sites (tertiary alicyclic amines) is 1. The highest BCUT2D eigenvalue weighted by Crippen LogP contribution is 2.35. The lowest BCUT2D eigenvalue weighted by Crippen LogP contribution is -2.63. The summed E-state index contributed by atoms with van der Waals surface area (Å²) in [5, 5.41) is 0. The van der Waals surface area contributed by atoms with Crippen molar-refractivity contribution in [2.24, 2.45) is 0 Å². The first-order valence-electron chi connectivity index (χ1n) is 11.6. The second-order valence-corrected chi connectivity index (χ2v) is 8.63. The number of ether oxygens (including phenoxy) is 1. The molecule has 0 atom stereocenters. The van der Waals surface area contributed by atoms with E-state index in [4.69, 9.17) is 4.74 Å². The van der Waals surface area contributed by atoms with Crippen LogP contribution in [0.25, 0.3) is 0 Å². The number of hydrogen-bond acceptors (Lipinski definition) is 5. The summed E-state index contributed by atoms with van der Waals surface area (Å²) < 4.78 is 5.22. The lowest BCUT2D eigenvalue weighted by Gasteiger charge is -2.46. The molecule has 0 radical (unpaired) electrons. The van der Waals surface area contributed by atoms with Crippen LogP contribution in [-0.4, -0.2) is 61.5 Å². The Kier molecular flexibility index (Phi) is 6.79. The molecule has 0 spiro atoms. The second-order valence-electron chi connectivity index (χ2n) is 8.63. The predicted molar refractivity (Wildman–Crippen MR) is 127 cm³/mol. The molecule has 0 bridgehead atoms. The maximum absolute atomic E-state index is 13.1. The molecule has 2 aliphatic heterocycles. The zero-order valence-corrected chi connectivity index (χ0v) is 19.3. The minimum atomic E-state index is -1.03. The molecular weight excluding hydrogens is 418 g/mol. The largest absolute Gasteiger partial charge is 0.467 e. The third kappa shape index (κ3) is 4.37. The van der Waals surface area contributed by atoms with Gasteiger partial charge in [-0.25, -0.2) is 4.79 Å². The molecule has 0 N–H and O–H groups in total. The lowest BCUT2D eigenvalue weighted by atomic mass is 9.84. The summed E-state index contributed by atoms with van der Waals surface area (Å²) in [5.41, 5.74) is 1.74. The van der Waals surface area contributed by atoms with Gasteiger partial charge in [-0.2, -0.15) is 0 Å². The molecule has 2 aromatic carbocycles. The first-order chi connectivity index (χ1) is 16.0. The Labute approximate surface area is 194 Å². The molecule has 7 nitrogen and oxygen atoms in total. The number of esters is 1. The molecule has 7 heteroatoms. The van der Waals surface area contributed by atoms with E-state index in [-0.39, 0.29) is 17.8 Å². The molecule has 1 fully saturated rings. The minimum absolute atomic E-state index is 0.0979. The number of rotatable bonds is 7. The van der Waals surface area contributed by atoms with Crippen LogP contribution in [0.3, 0.4) is 0 Å². The van der Waals surface area contributed by atoms with E-state index in [0.29, 0.717) is 57.5 Å². The molecule has 0 aliphatic carbocycles. The Bertz CT molecular complexity index is 1020. The Hall–Kier alpha value is -3.19. The van der Waals surface area contributed by atoms with Crippen molar-refractivity contribution in [1.82, 2.24) is 4.90 Å². The van der Waals surface area contributed by atoms with Gasteiger partial charge < -0.3 is 14.5 Å². The van der Waals surface area contributed by atoms with Gasteiger partial charge in [0, 0.05) is 44.0 Å². The average molecular weight is 450 g/mol. The van der Waals surface area contributed by atoms with Crippen molar-refractivity contribution in [1.29, 1.82) is 0 Å². The first kappa shape index (κ1) is 23.0. The quantitative estimate of drug-likeness (QED) is 0.608. The van der Waals surface area contributed by atoms with Crippen LogP contribution in [0, 0.1) is 0 Å². The topological polar surface area (TPSA) is 70.2 Å². The van der Waals surface area contributed by atoms with E-state index in [0.717, 1.165) is 11.3 Å². The van der Waals surface area contributed by atoms with Crippen molar-refractivity contribution >= 4 is 29.2 Å². The summed E-state index contributed by atoms with van der Waals surface area (Å²) in [4.78, 5) is 44.4. The van der Waals surface area contributed by atoms with Crippen molar-refractivity contribution in [2.45, 2.75) is 38.1 Å². The van der Waals surface area contributed by atoms with E-state index >= 15 is 0 Å². The van der Waals surface area contributed by atoms with Crippen molar-refractivity contribution in [3.63, 3.8) is 0 Å². The molecule has 1 saturated heterocycles. The van der Waals surface area contributed by atoms with E-state index in [1.165, 1.54) is 7.11 Å². The average Bonchev–Trinajstić information content (AvgIpc) is 3.18. The van der Waals surface area contributed by atoms with Gasteiger partial charge in [0.15, 0.2) is 0 Å². The van der Waals surface area contributed by atoms with Crippen LogP contribution in [0.1, 0.15) is 31.7 Å². The van der Waals surface area contributed by atoms with Gasteiger partial charge >= 0.3 is 5.97 Å². The molecule has 0 aromatic heterocycles. The number of amides is 2. The molecule has 2 amide bonds. The van der Waals surface area contributed by atoms with Crippen LogP contribution < -0.4 is 9.80 Å². The molecular formula is C26H31N3O4. The number of fused-ring (bicyclic) bond motifs is 1. The van der Waals surface area contributed by atoms with Crippen LogP contribution in [0.5, 0.6) is 0 Å². The van der Waals surface area contributed by atoms with Crippen molar-refractivity contribution in [2.75, 3.05) is 43.1 Å². The Morgan fingerprint density at radius 3 is 2.33 bits per heavy atom. The second kappa shape index (κ2) is 9.75. The standard InChI is InChI=1S/C26H31N3O4/c1-3-23(30)29(21-10-5-4-6-11-21)26(25(32)33-2)13-15-27(16-14-26)17-18-28-22-12-8-7-9-20(22)19-24(28)31/h4-12H,3,13-19H2,1-2H3. The molecule has 2 aliphatic rings. The van der Waals surface area contributed by atoms with Crippen LogP contribution in [0.15, 0.2) is 54.6 Å². The first-order valence-corrected chi connectivity index (χ1v) is 11.6. The normalized spacial score (nSPS) is 17.5. The number of carbonyl (C=O) groups is 3. The fraction of sp³-hybridized carbons (Fsp3) is 0.423.